The number of hydrogen-bond donors (Lipinski definition) is 2. The van der Waals surface area contributed by atoms with E-state index in [0.29, 0.717) is 17.3 Å². The van der Waals surface area contributed by atoms with Gasteiger partial charge in [-0.2, -0.15) is 0 Å². The summed E-state index contributed by atoms with van der Waals surface area (Å²) in [5, 5.41) is 10.0. The first-order chi connectivity index (χ1) is 13.2. The summed E-state index contributed by atoms with van der Waals surface area (Å²) in [5.41, 5.74) is 2.89. The highest BCUT2D eigenvalue weighted by atomic mass is 35.5. The molecule has 0 aromatic heterocycles. The Morgan fingerprint density at radius 1 is 1.15 bits per heavy atom. The molecule has 0 saturated heterocycles. The van der Waals surface area contributed by atoms with E-state index in [1.807, 2.05) is 18.2 Å². The van der Waals surface area contributed by atoms with Gasteiger partial charge in [0.2, 0.25) is 0 Å². The van der Waals surface area contributed by atoms with Gasteiger partial charge in [0.15, 0.2) is 0 Å². The van der Waals surface area contributed by atoms with E-state index in [0.717, 1.165) is 27.9 Å². The van der Waals surface area contributed by atoms with Gasteiger partial charge in [-0.25, -0.2) is 0 Å². The molecule has 2 fully saturated rings. The second-order valence-electron chi connectivity index (χ2n) is 7.79. The van der Waals surface area contributed by atoms with E-state index in [1.165, 1.54) is 49.6 Å². The molecule has 0 bridgehead atoms. The van der Waals surface area contributed by atoms with Crippen molar-refractivity contribution in [1.82, 2.24) is 0 Å². The molecule has 27 heavy (non-hydrogen) atoms. The maximum Gasteiger partial charge on any atom is 0.142 e. The van der Waals surface area contributed by atoms with Crippen LogP contribution in [0.15, 0.2) is 47.4 Å². The highest BCUT2D eigenvalue weighted by Crippen LogP contribution is 2.71. The van der Waals surface area contributed by atoms with Crippen molar-refractivity contribution < 1.29 is 4.74 Å². The maximum atomic E-state index is 6.19. The molecule has 2 aliphatic carbocycles. The predicted octanol–water partition coefficient (Wildman–Crippen LogP) is 6.09. The lowest BCUT2D eigenvalue weighted by Gasteiger charge is -2.24. The summed E-state index contributed by atoms with van der Waals surface area (Å²) in [6.45, 7) is 0.953. The third-order valence-electron chi connectivity index (χ3n) is 6.48. The van der Waals surface area contributed by atoms with Crippen LogP contribution in [-0.2, 0) is 0 Å². The summed E-state index contributed by atoms with van der Waals surface area (Å²) in [4.78, 5) is 1.12. The van der Waals surface area contributed by atoms with Crippen LogP contribution in [0, 0.1) is 11.3 Å². The summed E-state index contributed by atoms with van der Waals surface area (Å²) in [5.74, 6) is 2.13. The Hall–Kier alpha value is -1.36. The van der Waals surface area contributed by atoms with Gasteiger partial charge in [-0.15, -0.1) is 0 Å². The molecule has 2 atom stereocenters. The predicted molar refractivity (Wildman–Crippen MR) is 115 cm³/mol. The summed E-state index contributed by atoms with van der Waals surface area (Å²) in [6.07, 6.45) is 6.75. The number of nitrogens with one attached hydrogen (secondary N) is 1. The van der Waals surface area contributed by atoms with Crippen molar-refractivity contribution in [3.05, 3.63) is 53.1 Å². The zero-order chi connectivity index (χ0) is 18.9. The molecule has 2 saturated carbocycles. The van der Waals surface area contributed by atoms with E-state index in [1.54, 1.807) is 7.11 Å². The van der Waals surface area contributed by atoms with E-state index in [9.17, 15) is 0 Å². The van der Waals surface area contributed by atoms with Gasteiger partial charge in [0, 0.05) is 16.5 Å². The van der Waals surface area contributed by atoms with Gasteiger partial charge in [-0.05, 0) is 77.9 Å². The second-order valence-corrected chi connectivity index (χ2v) is 8.93. The van der Waals surface area contributed by atoms with Crippen LogP contribution >= 0.6 is 23.5 Å². The molecule has 2 aromatic carbocycles. The maximum absolute atomic E-state index is 6.19. The van der Waals surface area contributed by atoms with Gasteiger partial charge < -0.3 is 10.1 Å². The SMILES string of the molecule is COc1ccc(Cl)cc1NCC1C(c2ccc(SN)cc2)C12CCCCC2. The van der Waals surface area contributed by atoms with Crippen LogP contribution < -0.4 is 15.2 Å². The first kappa shape index (κ1) is 19.0. The van der Waals surface area contributed by atoms with E-state index < -0.39 is 0 Å². The fraction of sp³-hybridized carbons (Fsp3) is 0.455. The smallest absolute Gasteiger partial charge is 0.142 e. The molecule has 2 aliphatic rings. The summed E-state index contributed by atoms with van der Waals surface area (Å²) < 4.78 is 5.49. The average Bonchev–Trinajstić information content (AvgIpc) is 3.31. The number of hydrogen-bond acceptors (Lipinski definition) is 4. The van der Waals surface area contributed by atoms with Crippen molar-refractivity contribution in [2.45, 2.75) is 42.9 Å². The van der Waals surface area contributed by atoms with Crippen LogP contribution in [0.4, 0.5) is 5.69 Å². The van der Waals surface area contributed by atoms with E-state index in [2.05, 4.69) is 29.6 Å². The van der Waals surface area contributed by atoms with Crippen LogP contribution in [0.2, 0.25) is 5.02 Å². The number of ether oxygens (including phenoxy) is 1. The number of anilines is 1. The summed E-state index contributed by atoms with van der Waals surface area (Å²) >= 11 is 7.50. The van der Waals surface area contributed by atoms with Gasteiger partial charge in [-0.1, -0.05) is 43.0 Å². The standard InChI is InChI=1S/C22H27ClN2OS/c1-26-20-10-7-16(23)13-19(20)25-14-18-21(22(18)11-3-2-4-12-22)15-5-8-17(27-24)9-6-15/h5-10,13,18,21,25H,2-4,11-12,14,24H2,1H3. The molecular weight excluding hydrogens is 376 g/mol. The normalized spacial score (nSPS) is 23.2. The molecule has 5 heteroatoms. The van der Waals surface area contributed by atoms with Crippen molar-refractivity contribution in [2.75, 3.05) is 19.0 Å². The molecule has 1 spiro atoms. The van der Waals surface area contributed by atoms with Crippen molar-refractivity contribution >= 4 is 29.2 Å². The minimum Gasteiger partial charge on any atom is -0.495 e. The van der Waals surface area contributed by atoms with Gasteiger partial charge in [-0.3, -0.25) is 5.14 Å². The average molecular weight is 403 g/mol. The lowest BCUT2D eigenvalue weighted by atomic mass is 9.82. The number of methoxy groups -OCH3 is 1. The third-order valence-corrected chi connectivity index (χ3v) is 7.26. The molecule has 0 heterocycles. The molecule has 4 rings (SSSR count). The van der Waals surface area contributed by atoms with Crippen LogP contribution in [0.1, 0.15) is 43.6 Å². The zero-order valence-electron chi connectivity index (χ0n) is 15.7. The molecule has 0 amide bonds. The van der Waals surface area contributed by atoms with Gasteiger partial charge >= 0.3 is 0 Å². The van der Waals surface area contributed by atoms with Gasteiger partial charge in [0.1, 0.15) is 5.75 Å². The van der Waals surface area contributed by atoms with Gasteiger partial charge in [0.05, 0.1) is 12.8 Å². The second kappa shape index (κ2) is 7.94. The Bertz CT molecular complexity index is 789. The van der Waals surface area contributed by atoms with Crippen LogP contribution in [0.5, 0.6) is 5.75 Å². The Balaban J connectivity index is 1.53. The van der Waals surface area contributed by atoms with E-state index >= 15 is 0 Å². The summed E-state index contributed by atoms with van der Waals surface area (Å²) in [7, 11) is 1.70. The van der Waals surface area contributed by atoms with Crippen LogP contribution in [-0.4, -0.2) is 13.7 Å². The molecule has 3 nitrogen and oxygen atoms in total. The first-order valence-electron chi connectivity index (χ1n) is 9.72. The Morgan fingerprint density at radius 3 is 2.56 bits per heavy atom. The minimum absolute atomic E-state index is 0.453. The number of nitrogens with two attached hydrogens (primary N) is 1. The third kappa shape index (κ3) is 3.67. The van der Waals surface area contributed by atoms with E-state index in [-0.39, 0.29) is 0 Å². The minimum atomic E-state index is 0.453. The monoisotopic (exact) mass is 402 g/mol. The molecule has 0 radical (unpaired) electrons. The van der Waals surface area contributed by atoms with Gasteiger partial charge in [0.25, 0.3) is 0 Å². The zero-order valence-corrected chi connectivity index (χ0v) is 17.3. The number of halogens is 1. The van der Waals surface area contributed by atoms with Crippen molar-refractivity contribution in [1.29, 1.82) is 0 Å². The number of rotatable bonds is 6. The van der Waals surface area contributed by atoms with Crippen molar-refractivity contribution in [3.8, 4) is 5.75 Å². The van der Waals surface area contributed by atoms with E-state index in [4.69, 9.17) is 21.5 Å². The molecular formula is C22H27ClN2OS. The quantitative estimate of drug-likeness (QED) is 0.574. The lowest BCUT2D eigenvalue weighted by molar-refractivity contribution is 0.304. The number of benzene rings is 2. The Labute approximate surface area is 171 Å². The Morgan fingerprint density at radius 2 is 1.89 bits per heavy atom. The highest BCUT2D eigenvalue weighted by molar-refractivity contribution is 7.97. The first-order valence-corrected chi connectivity index (χ1v) is 11.0. The fourth-order valence-electron chi connectivity index (χ4n) is 5.15. The molecule has 2 unspecified atom stereocenters. The fourth-order valence-corrected chi connectivity index (χ4v) is 5.61. The van der Waals surface area contributed by atoms with Crippen LogP contribution in [0.25, 0.3) is 0 Å². The largest absolute Gasteiger partial charge is 0.495 e. The topological polar surface area (TPSA) is 47.3 Å². The van der Waals surface area contributed by atoms with Crippen molar-refractivity contribution in [3.63, 3.8) is 0 Å². The van der Waals surface area contributed by atoms with Crippen molar-refractivity contribution in [2.24, 2.45) is 16.5 Å². The lowest BCUT2D eigenvalue weighted by Crippen LogP contribution is -2.15. The van der Waals surface area contributed by atoms with Crippen LogP contribution in [0.3, 0.4) is 0 Å². The molecule has 0 aliphatic heterocycles. The Kier molecular flexibility index (Phi) is 5.58. The molecule has 144 valence electrons. The molecule has 3 N–H and O–H groups in total. The summed E-state index contributed by atoms with van der Waals surface area (Å²) in [6, 6.07) is 14.6. The molecule has 2 aromatic rings. The highest BCUT2D eigenvalue weighted by Gasteiger charge is 2.63.